The average molecular weight is 1520 g/mol. The Hall–Kier alpha value is -5.38. The van der Waals surface area contributed by atoms with E-state index in [2.05, 4.69) is 15.5 Å². The van der Waals surface area contributed by atoms with Crippen LogP contribution in [0.5, 0.6) is 11.5 Å². The Morgan fingerprint density at radius 3 is 1.24 bits per heavy atom. The van der Waals surface area contributed by atoms with Gasteiger partial charge in [0.1, 0.15) is 47.6 Å². The van der Waals surface area contributed by atoms with Crippen molar-refractivity contribution in [1.29, 1.82) is 0 Å². The van der Waals surface area contributed by atoms with Gasteiger partial charge in [-0.05, 0) is 129 Å². The van der Waals surface area contributed by atoms with Crippen LogP contribution in [0.25, 0.3) is 45.6 Å². The molecule has 0 aliphatic heterocycles. The predicted molar refractivity (Wildman–Crippen MR) is 301 cm³/mol. The zero-order chi connectivity index (χ0) is 69.0. The Kier molecular flexibility index (Phi) is 59.5. The average Bonchev–Trinajstić information content (AvgIpc) is 1.66. The van der Waals surface area contributed by atoms with Gasteiger partial charge in [0.2, 0.25) is 0 Å². The summed E-state index contributed by atoms with van der Waals surface area (Å²) in [5, 5.41) is 16.8. The summed E-state index contributed by atoms with van der Waals surface area (Å²) in [6, 6.07) is 27.7. The molecule has 8 aromatic rings. The maximum absolute atomic E-state index is 12.1. The minimum Gasteiger partial charge on any atom is -1.00 e. The second-order valence-corrected chi connectivity index (χ2v) is 23.0. The molecular weight excluding hydrogens is 1470 g/mol. The van der Waals surface area contributed by atoms with Gasteiger partial charge < -0.3 is 29.0 Å². The third-order valence-electron chi connectivity index (χ3n) is 11.4. The number of aryl methyl sites for hydroxylation is 1. The summed E-state index contributed by atoms with van der Waals surface area (Å²) < 4.78 is 217. The van der Waals surface area contributed by atoms with E-state index >= 15 is 0 Å². The third kappa shape index (κ3) is 30.8. The number of nitrogens with zero attached hydrogens (tertiary/aromatic N) is 3. The summed E-state index contributed by atoms with van der Waals surface area (Å²) in [5.41, 5.74) is 8.61. The van der Waals surface area contributed by atoms with Gasteiger partial charge in [-0.1, -0.05) is 121 Å². The number of aromatic nitrogens is 3. The fourth-order valence-corrected chi connectivity index (χ4v) is 10.5. The minimum atomic E-state index is -2.22. The van der Waals surface area contributed by atoms with Gasteiger partial charge in [-0.15, -0.1) is 0 Å². The van der Waals surface area contributed by atoms with Gasteiger partial charge in [0, 0.05) is 140 Å². The smallest absolute Gasteiger partial charge is 1.00 e. The molecule has 0 amide bonds. The number of halogens is 30. The first-order valence-electron chi connectivity index (χ1n) is 23.0. The van der Waals surface area contributed by atoms with Crippen molar-refractivity contribution in [3.05, 3.63) is 166 Å². The Morgan fingerprint density at radius 1 is 0.500 bits per heavy atom. The first-order chi connectivity index (χ1) is 43.2. The number of hydrogen-bond acceptors (Lipinski definition) is 9. The van der Waals surface area contributed by atoms with E-state index in [1.807, 2.05) is 61.5 Å². The molecule has 10 rings (SSSR count). The van der Waals surface area contributed by atoms with E-state index in [1.54, 1.807) is 61.9 Å². The van der Waals surface area contributed by atoms with E-state index < -0.39 is 7.14 Å². The molecule has 0 spiro atoms. The second-order valence-electron chi connectivity index (χ2n) is 17.1. The Bertz CT molecular complexity index is 3250. The molecular formula is C51H45Cl6F24N3NaO6P. The first-order valence-corrected chi connectivity index (χ1v) is 28.1. The van der Waals surface area contributed by atoms with Crippen LogP contribution in [0.3, 0.4) is 0 Å². The number of rotatable bonds is 14. The summed E-state index contributed by atoms with van der Waals surface area (Å²) >= 11 is 38.7. The van der Waals surface area contributed by atoms with E-state index in [4.69, 9.17) is 193 Å². The molecule has 0 N–H and O–H groups in total. The molecule has 41 heteroatoms. The molecule has 2 fully saturated rings. The van der Waals surface area contributed by atoms with Crippen LogP contribution in [-0.4, -0.2) is 28.8 Å². The van der Waals surface area contributed by atoms with Gasteiger partial charge in [-0.25, -0.2) is 0 Å². The van der Waals surface area contributed by atoms with Crippen LogP contribution >= 0.6 is 76.7 Å². The van der Waals surface area contributed by atoms with Gasteiger partial charge in [0.05, 0.1) is 49.1 Å². The largest absolute Gasteiger partial charge is 1.00 e. The van der Waals surface area contributed by atoms with E-state index in [-0.39, 0.29) is 53.6 Å². The molecule has 516 valence electrons. The van der Waals surface area contributed by atoms with Crippen molar-refractivity contribution < 1.29 is 169 Å². The monoisotopic (exact) mass is 1520 g/mol. The zero-order valence-corrected chi connectivity index (χ0v) is 54.0. The molecule has 0 unspecified atom stereocenters. The van der Waals surface area contributed by atoms with E-state index in [0.29, 0.717) is 82.1 Å². The molecule has 0 radical (unpaired) electrons. The standard InChI is InChI=1S/C29H21Cl3N2O3.C22H21Cl3NO3P.11F2.2FH.Na.H/c1-16-21-13-17(6-12-26(21)36-33-16)5-7-18-10-11-20(14-25(18)32)35-15-22-28(34-37-29(22)19-8-9-19)27-23(30)3-2-4-24(27)31;1-30(2,27)12-14-8-9-15(10-19(14)25)28-11-16-21(26-29-22(16)13-6-7-13)20-17(23)4-3-5-18(20)24;11*1-2;;;;/h2-7,10-14,19H,8-9,15H2,1H3;3-5,8-10,13H,6-7,11-12H2,1-2H3;;;;;;;;;;;;2*1H;;/q;;;;;;;;;;;;;;;+1;-1/b7-5+;;;;;;;;;;;;;;;;. The van der Waals surface area contributed by atoms with Gasteiger partial charge in [0.25, 0.3) is 0 Å². The number of fused-ring (bicyclic) bond motifs is 1. The third-order valence-corrected chi connectivity index (χ3v) is 14.4. The molecule has 0 bridgehead atoms. The van der Waals surface area contributed by atoms with E-state index in [1.165, 1.54) is 0 Å². The van der Waals surface area contributed by atoms with Crippen LogP contribution in [0.1, 0.15) is 84.0 Å². The van der Waals surface area contributed by atoms with Gasteiger partial charge in [0.15, 0.2) is 5.58 Å². The molecule has 3 heterocycles. The minimum absolute atomic E-state index is 0. The number of ether oxygens (including phenoxy) is 2. The first kappa shape index (κ1) is 97.7. The Labute approximate surface area is 558 Å². The van der Waals surface area contributed by atoms with Crippen LogP contribution in [0, 0.1) is 6.92 Å². The van der Waals surface area contributed by atoms with E-state index in [9.17, 15) is 4.57 Å². The van der Waals surface area contributed by atoms with Crippen LogP contribution in [0.15, 0.2) is 105 Å². The summed E-state index contributed by atoms with van der Waals surface area (Å²) in [6.45, 7) is 5.94. The molecule has 9 nitrogen and oxygen atoms in total. The maximum Gasteiger partial charge on any atom is 1.00 e. The van der Waals surface area contributed by atoms with Crippen molar-refractivity contribution in [2.75, 3.05) is 13.3 Å². The molecule has 0 atom stereocenters. The Balaban J connectivity index is -0.000000240. The zero-order valence-electron chi connectivity index (χ0n) is 47.6. The fourth-order valence-electron chi connectivity index (χ4n) is 7.66. The fraction of sp³-hybridized carbons (Fsp3) is 0.235. The normalized spacial score (nSPS) is 10.8. The summed E-state index contributed by atoms with van der Waals surface area (Å²) in [4.78, 5) is 0. The van der Waals surface area contributed by atoms with Crippen molar-refractivity contribution in [3.63, 3.8) is 0 Å². The number of benzene rings is 5. The molecule has 3 aromatic heterocycles. The quantitative estimate of drug-likeness (QED) is 0.0454. The maximum atomic E-state index is 12.1. The summed E-state index contributed by atoms with van der Waals surface area (Å²) in [7, 11) is -2.22. The number of hydrogen-bond donors (Lipinski definition) is 0. The SMILES string of the molecule is CP(C)(=O)Cc1ccc(OCc2c(-c3c(Cl)cccc3Cl)noc2C2CC2)cc1Cl.Cc1noc2ccc(/C=C/c3ccc(OCc4c(-c5c(Cl)cccc5Cl)noc4C4CC4)cc3Cl)cc12.F.F.FF.FF.FF.FF.FF.FF.FF.FF.FF.FF.FF.[H-].[Na+]. The topological polar surface area (TPSA) is 114 Å². The second kappa shape index (κ2) is 56.0. The summed E-state index contributed by atoms with van der Waals surface area (Å²) in [5.74, 6) is 3.60. The van der Waals surface area contributed by atoms with Crippen molar-refractivity contribution >= 4 is 99.9 Å². The van der Waals surface area contributed by atoms with Crippen molar-refractivity contribution in [1.82, 2.24) is 15.5 Å². The van der Waals surface area contributed by atoms with Gasteiger partial charge >= 0.3 is 29.6 Å². The summed E-state index contributed by atoms with van der Waals surface area (Å²) in [6.07, 6.45) is 8.69. The van der Waals surface area contributed by atoms with Crippen LogP contribution in [0.4, 0.5) is 110 Å². The van der Waals surface area contributed by atoms with Crippen molar-refractivity contribution in [2.45, 2.75) is 63.8 Å². The molecule has 2 aliphatic rings. The van der Waals surface area contributed by atoms with Crippen LogP contribution in [0.2, 0.25) is 30.1 Å². The molecule has 5 aromatic carbocycles. The van der Waals surface area contributed by atoms with Gasteiger partial charge in [-0.3, -0.25) is 9.41 Å². The molecule has 2 aliphatic carbocycles. The molecule has 92 heavy (non-hydrogen) atoms. The van der Waals surface area contributed by atoms with Gasteiger partial charge in [-0.2, -0.15) is 0 Å². The van der Waals surface area contributed by atoms with Crippen LogP contribution in [-0.2, 0) is 23.9 Å². The predicted octanol–water partition coefficient (Wildman–Crippen LogP) is 23.9. The van der Waals surface area contributed by atoms with Crippen molar-refractivity contribution in [3.8, 4) is 34.0 Å². The molecule has 0 saturated heterocycles. The van der Waals surface area contributed by atoms with Crippen molar-refractivity contribution in [2.24, 2.45) is 0 Å². The van der Waals surface area contributed by atoms with E-state index in [0.717, 1.165) is 81.7 Å². The van der Waals surface area contributed by atoms with Crippen LogP contribution < -0.4 is 39.0 Å². The molecule has 2 saturated carbocycles. The Morgan fingerprint density at radius 2 is 0.880 bits per heavy atom.